The van der Waals surface area contributed by atoms with Gasteiger partial charge in [-0.05, 0) is 37.6 Å². The molecule has 0 bridgehead atoms. The highest BCUT2D eigenvalue weighted by Crippen LogP contribution is 2.18. The maximum atomic E-state index is 11.8. The molecule has 0 spiro atoms. The summed E-state index contributed by atoms with van der Waals surface area (Å²) in [6.07, 6.45) is 1.16. The first kappa shape index (κ1) is 14.3. The van der Waals surface area contributed by atoms with Gasteiger partial charge < -0.3 is 14.2 Å². The Kier molecular flexibility index (Phi) is 4.53. The number of ether oxygens (including phenoxy) is 3. The van der Waals surface area contributed by atoms with Crippen molar-refractivity contribution in [2.24, 2.45) is 0 Å². The van der Waals surface area contributed by atoms with Gasteiger partial charge in [0.2, 0.25) is 6.29 Å². The molecule has 1 heterocycles. The van der Waals surface area contributed by atoms with Crippen LogP contribution in [-0.4, -0.2) is 24.8 Å². The molecule has 5 nitrogen and oxygen atoms in total. The summed E-state index contributed by atoms with van der Waals surface area (Å²) in [5.41, 5.74) is 0.697. The van der Waals surface area contributed by atoms with Crippen LogP contribution < -0.4 is 4.74 Å². The first-order chi connectivity index (χ1) is 9.56. The second-order valence-corrected chi connectivity index (χ2v) is 4.54. The Morgan fingerprint density at radius 3 is 2.55 bits per heavy atom. The summed E-state index contributed by atoms with van der Waals surface area (Å²) in [6.45, 7) is 5.68. The predicted molar refractivity (Wildman–Crippen MR) is 71.3 cm³/mol. The third-order valence-corrected chi connectivity index (χ3v) is 2.78. The summed E-state index contributed by atoms with van der Waals surface area (Å²) >= 11 is 0. The van der Waals surface area contributed by atoms with Crippen molar-refractivity contribution in [1.82, 2.24) is 0 Å². The van der Waals surface area contributed by atoms with Crippen molar-refractivity contribution in [2.45, 2.75) is 26.1 Å². The smallest absolute Gasteiger partial charge is 0.340 e. The maximum absolute atomic E-state index is 11.8. The van der Waals surface area contributed by atoms with Gasteiger partial charge in [-0.1, -0.05) is 6.58 Å². The zero-order chi connectivity index (χ0) is 14.5. The van der Waals surface area contributed by atoms with Gasteiger partial charge in [0.25, 0.3) is 0 Å². The zero-order valence-electron chi connectivity index (χ0n) is 11.3. The van der Waals surface area contributed by atoms with Gasteiger partial charge in [-0.3, -0.25) is 0 Å². The first-order valence-electron chi connectivity index (χ1n) is 6.36. The van der Waals surface area contributed by atoms with E-state index in [1.165, 1.54) is 12.1 Å². The molecule has 1 aromatic carbocycles. The van der Waals surface area contributed by atoms with Crippen LogP contribution in [0.5, 0.6) is 5.75 Å². The minimum atomic E-state index is -0.500. The molecule has 2 rings (SSSR count). The van der Waals surface area contributed by atoms with E-state index < -0.39 is 18.2 Å². The summed E-state index contributed by atoms with van der Waals surface area (Å²) in [4.78, 5) is 23.1. The highest BCUT2D eigenvalue weighted by atomic mass is 16.7. The van der Waals surface area contributed by atoms with Gasteiger partial charge in [0, 0.05) is 12.0 Å². The van der Waals surface area contributed by atoms with Crippen LogP contribution >= 0.6 is 0 Å². The van der Waals surface area contributed by atoms with Crippen LogP contribution in [0.2, 0.25) is 0 Å². The fourth-order valence-corrected chi connectivity index (χ4v) is 1.68. The van der Waals surface area contributed by atoms with E-state index in [1.54, 1.807) is 19.1 Å². The Morgan fingerprint density at radius 1 is 1.30 bits per heavy atom. The number of benzene rings is 1. The number of hydrogen-bond acceptors (Lipinski definition) is 5. The van der Waals surface area contributed by atoms with Crippen LogP contribution in [-0.2, 0) is 14.3 Å². The SMILES string of the molecule is C=C(C)C(=O)Oc1ccc(C(=O)OC2CCCO2)cc1. The standard InChI is InChI=1S/C15H16O5/c1-10(2)14(16)19-12-7-5-11(6-8-12)15(17)20-13-4-3-9-18-13/h5-8,13H,1,3-4,9H2,2H3. The zero-order valence-corrected chi connectivity index (χ0v) is 11.3. The summed E-state index contributed by atoms with van der Waals surface area (Å²) in [6, 6.07) is 6.15. The average molecular weight is 276 g/mol. The van der Waals surface area contributed by atoms with E-state index in [1.807, 2.05) is 0 Å². The van der Waals surface area contributed by atoms with Crippen molar-refractivity contribution in [3.8, 4) is 5.75 Å². The lowest BCUT2D eigenvalue weighted by Crippen LogP contribution is -2.16. The molecule has 1 unspecified atom stereocenters. The molecule has 106 valence electrons. The van der Waals surface area contributed by atoms with Crippen molar-refractivity contribution >= 4 is 11.9 Å². The fourth-order valence-electron chi connectivity index (χ4n) is 1.68. The van der Waals surface area contributed by atoms with E-state index in [4.69, 9.17) is 14.2 Å². The summed E-state index contributed by atoms with van der Waals surface area (Å²) in [5.74, 6) is -0.596. The Bertz CT molecular complexity index is 512. The van der Waals surface area contributed by atoms with Gasteiger partial charge in [0.05, 0.1) is 12.2 Å². The van der Waals surface area contributed by atoms with Crippen LogP contribution in [0, 0.1) is 0 Å². The Hall–Kier alpha value is -2.14. The highest BCUT2D eigenvalue weighted by Gasteiger charge is 2.20. The van der Waals surface area contributed by atoms with Gasteiger partial charge in [-0.15, -0.1) is 0 Å². The number of esters is 2. The minimum Gasteiger partial charge on any atom is -0.432 e. The Morgan fingerprint density at radius 2 is 2.00 bits per heavy atom. The average Bonchev–Trinajstić information content (AvgIpc) is 2.92. The highest BCUT2D eigenvalue weighted by molar-refractivity contribution is 5.90. The molecular formula is C15H16O5. The molecule has 1 saturated heterocycles. The molecule has 1 aromatic rings. The molecular weight excluding hydrogens is 260 g/mol. The van der Waals surface area contributed by atoms with Crippen molar-refractivity contribution in [3.05, 3.63) is 42.0 Å². The van der Waals surface area contributed by atoms with Gasteiger partial charge in [0.15, 0.2) is 0 Å². The number of carbonyl (C=O) groups is 2. The van der Waals surface area contributed by atoms with E-state index in [-0.39, 0.29) is 0 Å². The topological polar surface area (TPSA) is 61.8 Å². The lowest BCUT2D eigenvalue weighted by molar-refractivity contribution is -0.130. The summed E-state index contributed by atoms with van der Waals surface area (Å²) in [5, 5.41) is 0. The minimum absolute atomic E-state index is 0.312. The van der Waals surface area contributed by atoms with Gasteiger partial charge >= 0.3 is 11.9 Å². The second-order valence-electron chi connectivity index (χ2n) is 4.54. The number of rotatable bonds is 4. The molecule has 0 amide bonds. The van der Waals surface area contributed by atoms with E-state index in [0.717, 1.165) is 12.8 Å². The molecule has 1 aliphatic heterocycles. The molecule has 1 atom stereocenters. The van der Waals surface area contributed by atoms with Crippen LogP contribution in [0.3, 0.4) is 0 Å². The normalized spacial score (nSPS) is 17.6. The molecule has 5 heteroatoms. The molecule has 0 N–H and O–H groups in total. The Balaban J connectivity index is 1.95. The van der Waals surface area contributed by atoms with Crippen LogP contribution in [0.1, 0.15) is 30.1 Å². The van der Waals surface area contributed by atoms with Gasteiger partial charge in [0.1, 0.15) is 5.75 Å². The molecule has 0 aliphatic carbocycles. The van der Waals surface area contributed by atoms with Gasteiger partial charge in [-0.2, -0.15) is 0 Å². The van der Waals surface area contributed by atoms with Crippen molar-refractivity contribution in [3.63, 3.8) is 0 Å². The second kappa shape index (κ2) is 6.34. The molecule has 0 saturated carbocycles. The summed E-state index contributed by atoms with van der Waals surface area (Å²) < 4.78 is 15.4. The third-order valence-electron chi connectivity index (χ3n) is 2.78. The molecule has 1 fully saturated rings. The Labute approximate surface area is 117 Å². The molecule has 20 heavy (non-hydrogen) atoms. The molecule has 1 aliphatic rings. The number of hydrogen-bond donors (Lipinski definition) is 0. The van der Waals surface area contributed by atoms with Crippen molar-refractivity contribution in [1.29, 1.82) is 0 Å². The van der Waals surface area contributed by atoms with E-state index in [2.05, 4.69) is 6.58 Å². The lowest BCUT2D eigenvalue weighted by atomic mass is 10.2. The van der Waals surface area contributed by atoms with Crippen LogP contribution in [0.25, 0.3) is 0 Å². The first-order valence-corrected chi connectivity index (χ1v) is 6.36. The lowest BCUT2D eigenvalue weighted by Gasteiger charge is -2.11. The van der Waals surface area contributed by atoms with Crippen molar-refractivity contribution < 1.29 is 23.8 Å². The number of carbonyl (C=O) groups excluding carboxylic acids is 2. The predicted octanol–water partition coefficient (Wildman–Crippen LogP) is 2.46. The van der Waals surface area contributed by atoms with Crippen LogP contribution in [0.15, 0.2) is 36.4 Å². The molecule has 0 aromatic heterocycles. The van der Waals surface area contributed by atoms with E-state index >= 15 is 0 Å². The van der Waals surface area contributed by atoms with Gasteiger partial charge in [-0.25, -0.2) is 9.59 Å². The van der Waals surface area contributed by atoms with E-state index in [0.29, 0.717) is 23.5 Å². The fraction of sp³-hybridized carbons (Fsp3) is 0.333. The monoisotopic (exact) mass is 276 g/mol. The van der Waals surface area contributed by atoms with E-state index in [9.17, 15) is 9.59 Å². The van der Waals surface area contributed by atoms with Crippen LogP contribution in [0.4, 0.5) is 0 Å². The largest absolute Gasteiger partial charge is 0.432 e. The molecule has 0 radical (unpaired) electrons. The summed E-state index contributed by atoms with van der Waals surface area (Å²) in [7, 11) is 0. The quantitative estimate of drug-likeness (QED) is 0.480. The van der Waals surface area contributed by atoms with Crippen molar-refractivity contribution in [2.75, 3.05) is 6.61 Å². The maximum Gasteiger partial charge on any atom is 0.340 e. The third kappa shape index (κ3) is 3.68.